The molecule has 0 saturated heterocycles. The Labute approximate surface area is 84.6 Å². The zero-order valence-corrected chi connectivity index (χ0v) is 7.86. The van der Waals surface area contributed by atoms with E-state index in [0.29, 0.717) is 0 Å². The first-order valence-corrected chi connectivity index (χ1v) is 4.05. The molecule has 0 amide bonds. The summed E-state index contributed by atoms with van der Waals surface area (Å²) in [5, 5.41) is 26.9. The van der Waals surface area contributed by atoms with Crippen LogP contribution < -0.4 is 5.73 Å². The van der Waals surface area contributed by atoms with Crippen LogP contribution in [0.5, 0.6) is 11.5 Å². The van der Waals surface area contributed by atoms with E-state index in [1.54, 1.807) is 0 Å². The van der Waals surface area contributed by atoms with Crippen molar-refractivity contribution in [3.63, 3.8) is 0 Å². The lowest BCUT2D eigenvalue weighted by atomic mass is 10.0. The second-order valence-corrected chi connectivity index (χ2v) is 3.11. The molecule has 0 aliphatic rings. The van der Waals surface area contributed by atoms with E-state index in [1.807, 2.05) is 0 Å². The Morgan fingerprint density at radius 3 is 2.47 bits per heavy atom. The van der Waals surface area contributed by atoms with Gasteiger partial charge in [-0.05, 0) is 18.6 Å². The summed E-state index contributed by atoms with van der Waals surface area (Å²) in [5.41, 5.74) is 4.98. The molecular weight excluding hydrogens is 205 g/mol. The molecule has 6 heteroatoms. The van der Waals surface area contributed by atoms with Crippen LogP contribution in [-0.4, -0.2) is 21.3 Å². The molecule has 0 radical (unpaired) electrons. The Kier molecular flexibility index (Phi) is 2.81. The maximum absolute atomic E-state index is 13.3. The fraction of sp³-hybridized carbons (Fsp3) is 0.222. The van der Waals surface area contributed by atoms with E-state index in [1.165, 1.54) is 6.92 Å². The third-order valence-corrected chi connectivity index (χ3v) is 2.03. The average molecular weight is 215 g/mol. The van der Waals surface area contributed by atoms with Crippen LogP contribution in [0.1, 0.15) is 17.2 Å². The third kappa shape index (κ3) is 1.84. The number of halogens is 1. The van der Waals surface area contributed by atoms with Gasteiger partial charge < -0.3 is 21.1 Å². The summed E-state index contributed by atoms with van der Waals surface area (Å²) in [6.07, 6.45) is 0. The molecule has 0 spiro atoms. The van der Waals surface area contributed by atoms with Gasteiger partial charge in [-0.2, -0.15) is 0 Å². The normalized spacial score (nSPS) is 12.5. The van der Waals surface area contributed by atoms with Gasteiger partial charge in [0.1, 0.15) is 6.04 Å². The largest absolute Gasteiger partial charge is 0.504 e. The van der Waals surface area contributed by atoms with Crippen LogP contribution in [0.25, 0.3) is 0 Å². The van der Waals surface area contributed by atoms with Gasteiger partial charge in [0, 0.05) is 5.56 Å². The van der Waals surface area contributed by atoms with Crippen LogP contribution in [0, 0.1) is 12.7 Å². The minimum absolute atomic E-state index is 0.153. The number of aromatic hydroxyl groups is 2. The van der Waals surface area contributed by atoms with Gasteiger partial charge >= 0.3 is 5.97 Å². The molecule has 1 aromatic rings. The second-order valence-electron chi connectivity index (χ2n) is 3.11. The van der Waals surface area contributed by atoms with Crippen molar-refractivity contribution >= 4 is 5.97 Å². The van der Waals surface area contributed by atoms with Gasteiger partial charge in [0.2, 0.25) is 0 Å². The highest BCUT2D eigenvalue weighted by molar-refractivity contribution is 5.76. The molecule has 15 heavy (non-hydrogen) atoms. The summed E-state index contributed by atoms with van der Waals surface area (Å²) in [5.74, 6) is -4.23. The molecule has 0 fully saturated rings. The van der Waals surface area contributed by atoms with Gasteiger partial charge in [0.05, 0.1) is 0 Å². The highest BCUT2D eigenvalue weighted by atomic mass is 19.1. The summed E-state index contributed by atoms with van der Waals surface area (Å²) in [6.45, 7) is 1.40. The monoisotopic (exact) mass is 215 g/mol. The molecule has 1 aromatic carbocycles. The van der Waals surface area contributed by atoms with Crippen molar-refractivity contribution in [1.29, 1.82) is 0 Å². The zero-order chi connectivity index (χ0) is 11.7. The number of carbonyl (C=O) groups is 1. The molecule has 0 aromatic heterocycles. The molecule has 0 aliphatic carbocycles. The quantitative estimate of drug-likeness (QED) is 0.542. The molecule has 5 N–H and O–H groups in total. The number of hydrogen-bond acceptors (Lipinski definition) is 4. The SMILES string of the molecule is Cc1cc(C(N)C(=O)O)c(F)c(O)c1O. The molecule has 5 nitrogen and oxygen atoms in total. The first-order valence-electron chi connectivity index (χ1n) is 4.05. The molecule has 82 valence electrons. The van der Waals surface area contributed by atoms with E-state index in [-0.39, 0.29) is 11.1 Å². The van der Waals surface area contributed by atoms with Crippen molar-refractivity contribution in [2.24, 2.45) is 5.73 Å². The van der Waals surface area contributed by atoms with Crippen LogP contribution in [0.2, 0.25) is 0 Å². The topological polar surface area (TPSA) is 104 Å². The molecule has 1 atom stereocenters. The van der Waals surface area contributed by atoms with E-state index in [9.17, 15) is 9.18 Å². The smallest absolute Gasteiger partial charge is 0.325 e. The molecule has 0 saturated carbocycles. The van der Waals surface area contributed by atoms with Crippen LogP contribution in [-0.2, 0) is 4.79 Å². The highest BCUT2D eigenvalue weighted by Crippen LogP contribution is 2.35. The van der Waals surface area contributed by atoms with Gasteiger partial charge in [-0.25, -0.2) is 4.39 Å². The lowest BCUT2D eigenvalue weighted by Gasteiger charge is -2.11. The number of carboxylic acid groups (broad SMARTS) is 1. The lowest BCUT2D eigenvalue weighted by molar-refractivity contribution is -0.138. The summed E-state index contributed by atoms with van der Waals surface area (Å²) in [7, 11) is 0. The Morgan fingerprint density at radius 1 is 1.47 bits per heavy atom. The molecule has 0 bridgehead atoms. The second kappa shape index (κ2) is 3.74. The first-order chi connectivity index (χ1) is 6.86. The predicted octanol–water partition coefficient (Wildman–Crippen LogP) is 0.630. The molecule has 1 unspecified atom stereocenters. The lowest BCUT2D eigenvalue weighted by Crippen LogP contribution is -2.22. The van der Waals surface area contributed by atoms with Crippen molar-refractivity contribution in [3.05, 3.63) is 23.0 Å². The highest BCUT2D eigenvalue weighted by Gasteiger charge is 2.23. The van der Waals surface area contributed by atoms with Crippen molar-refractivity contribution in [3.8, 4) is 11.5 Å². The van der Waals surface area contributed by atoms with E-state index < -0.39 is 29.3 Å². The maximum Gasteiger partial charge on any atom is 0.325 e. The van der Waals surface area contributed by atoms with Crippen molar-refractivity contribution in [2.45, 2.75) is 13.0 Å². The van der Waals surface area contributed by atoms with Gasteiger partial charge in [0.15, 0.2) is 17.3 Å². The van der Waals surface area contributed by atoms with Gasteiger partial charge in [-0.15, -0.1) is 0 Å². The van der Waals surface area contributed by atoms with Crippen LogP contribution in [0.15, 0.2) is 6.07 Å². The minimum atomic E-state index is -1.57. The number of phenolic OH excluding ortho intramolecular Hbond substituents is 2. The Morgan fingerprint density at radius 2 is 2.00 bits per heavy atom. The average Bonchev–Trinajstić information content (AvgIpc) is 2.19. The van der Waals surface area contributed by atoms with E-state index >= 15 is 0 Å². The number of aryl methyl sites for hydroxylation is 1. The number of nitrogens with two attached hydrogens (primary N) is 1. The Bertz CT molecular complexity index is 419. The standard InChI is InChI=1S/C9H10FNO4/c1-3-2-4(6(11)9(14)15)5(10)8(13)7(3)12/h2,6,12-13H,11H2,1H3,(H,14,15). The Hall–Kier alpha value is -1.82. The van der Waals surface area contributed by atoms with Gasteiger partial charge in [-0.3, -0.25) is 4.79 Å². The van der Waals surface area contributed by atoms with Gasteiger partial charge in [-0.1, -0.05) is 0 Å². The summed E-state index contributed by atoms with van der Waals surface area (Å²) < 4.78 is 13.3. The number of hydrogen-bond donors (Lipinski definition) is 4. The summed E-state index contributed by atoms with van der Waals surface area (Å²) in [4.78, 5) is 10.5. The van der Waals surface area contributed by atoms with E-state index in [0.717, 1.165) is 6.07 Å². The number of aliphatic carboxylic acids is 1. The van der Waals surface area contributed by atoms with Crippen molar-refractivity contribution < 1.29 is 24.5 Å². The number of benzene rings is 1. The van der Waals surface area contributed by atoms with Crippen molar-refractivity contribution in [2.75, 3.05) is 0 Å². The number of rotatable bonds is 2. The Balaban J connectivity index is 3.38. The fourth-order valence-electron chi connectivity index (χ4n) is 1.15. The van der Waals surface area contributed by atoms with Crippen molar-refractivity contribution in [1.82, 2.24) is 0 Å². The zero-order valence-electron chi connectivity index (χ0n) is 7.86. The summed E-state index contributed by atoms with van der Waals surface area (Å²) >= 11 is 0. The molecule has 1 rings (SSSR count). The van der Waals surface area contributed by atoms with E-state index in [4.69, 9.17) is 21.1 Å². The predicted molar refractivity (Wildman–Crippen MR) is 49.0 cm³/mol. The first kappa shape index (κ1) is 11.3. The fourth-order valence-corrected chi connectivity index (χ4v) is 1.15. The number of phenols is 2. The minimum Gasteiger partial charge on any atom is -0.504 e. The molecule has 0 aliphatic heterocycles. The maximum atomic E-state index is 13.3. The van der Waals surface area contributed by atoms with Crippen LogP contribution in [0.4, 0.5) is 4.39 Å². The summed E-state index contributed by atoms with van der Waals surface area (Å²) in [6, 6.07) is -0.487. The molecule has 0 heterocycles. The van der Waals surface area contributed by atoms with Crippen LogP contribution >= 0.6 is 0 Å². The molecular formula is C9H10FNO4. The number of carboxylic acids is 1. The van der Waals surface area contributed by atoms with E-state index in [2.05, 4.69) is 0 Å². The third-order valence-electron chi connectivity index (χ3n) is 2.03. The van der Waals surface area contributed by atoms with Gasteiger partial charge in [0.25, 0.3) is 0 Å². The van der Waals surface area contributed by atoms with Crippen LogP contribution in [0.3, 0.4) is 0 Å².